The monoisotopic (exact) mass is 403 g/mol. The molecule has 0 amide bonds. The van der Waals surface area contributed by atoms with Crippen LogP contribution in [0.15, 0.2) is 38.5 Å². The maximum atomic E-state index is 12.4. The van der Waals surface area contributed by atoms with E-state index in [2.05, 4.69) is 20.9 Å². The first-order chi connectivity index (χ1) is 12.0. The molecule has 0 saturated carbocycles. The molecule has 0 fully saturated rings. The second-order valence-corrected chi connectivity index (χ2v) is 6.31. The minimum atomic E-state index is -0.506. The fraction of sp³-hybridized carbons (Fsp3) is 0.278. The predicted octanol–water partition coefficient (Wildman–Crippen LogP) is 3.28. The number of ether oxygens (including phenoxy) is 1. The minimum absolute atomic E-state index is 0.00547. The summed E-state index contributed by atoms with van der Waals surface area (Å²) in [6, 6.07) is 9.28. The van der Waals surface area contributed by atoms with Gasteiger partial charge in [0.2, 0.25) is 5.88 Å². The van der Waals surface area contributed by atoms with Crippen LogP contribution in [0.4, 0.5) is 5.69 Å². The highest BCUT2D eigenvalue weighted by molar-refractivity contribution is 9.10. The highest BCUT2D eigenvalue weighted by Gasteiger charge is 2.17. The molecule has 0 saturated heterocycles. The number of pyridine rings is 1. The van der Waals surface area contributed by atoms with E-state index in [0.29, 0.717) is 29.8 Å². The third kappa shape index (κ3) is 4.35. The van der Waals surface area contributed by atoms with E-state index in [4.69, 9.17) is 4.74 Å². The van der Waals surface area contributed by atoms with Crippen molar-refractivity contribution in [2.75, 3.05) is 13.7 Å². The van der Waals surface area contributed by atoms with E-state index in [0.717, 1.165) is 4.47 Å². The smallest absolute Gasteiger partial charge is 0.271 e. The Morgan fingerprint density at radius 3 is 2.88 bits per heavy atom. The molecule has 1 N–H and O–H groups in total. The largest absolute Gasteiger partial charge is 0.494 e. The van der Waals surface area contributed by atoms with Crippen molar-refractivity contribution in [3.8, 4) is 11.9 Å². The topological polar surface area (TPSA) is 87.6 Å². The third-order valence-corrected chi connectivity index (χ3v) is 4.22. The van der Waals surface area contributed by atoms with Crippen molar-refractivity contribution in [1.82, 2.24) is 4.57 Å². The zero-order valence-corrected chi connectivity index (χ0v) is 15.6. The van der Waals surface area contributed by atoms with Gasteiger partial charge in [0.1, 0.15) is 11.6 Å². The molecule has 0 aliphatic rings. The molecular weight excluding hydrogens is 386 g/mol. The Kier molecular flexibility index (Phi) is 6.51. The molecule has 1 heterocycles. The van der Waals surface area contributed by atoms with Crippen LogP contribution in [0.5, 0.6) is 5.88 Å². The van der Waals surface area contributed by atoms with Crippen molar-refractivity contribution in [3.05, 3.63) is 55.8 Å². The number of rotatable bonds is 6. The number of aromatic hydroxyl groups is 1. The van der Waals surface area contributed by atoms with Gasteiger partial charge in [-0.2, -0.15) is 5.26 Å². The van der Waals surface area contributed by atoms with Gasteiger partial charge in [-0.25, -0.2) is 0 Å². The van der Waals surface area contributed by atoms with Crippen molar-refractivity contribution in [2.45, 2.75) is 19.9 Å². The highest BCUT2D eigenvalue weighted by atomic mass is 79.9. The third-order valence-electron chi connectivity index (χ3n) is 3.73. The van der Waals surface area contributed by atoms with Gasteiger partial charge in [-0.05, 0) is 37.1 Å². The molecular formula is C18H18BrN3O3. The lowest BCUT2D eigenvalue weighted by Gasteiger charge is -2.13. The number of hydrogen-bond donors (Lipinski definition) is 1. The molecule has 0 aliphatic carbocycles. The zero-order valence-electron chi connectivity index (χ0n) is 14.0. The molecule has 0 unspecified atom stereocenters. The average Bonchev–Trinajstić information content (AvgIpc) is 2.58. The van der Waals surface area contributed by atoms with Gasteiger partial charge in [0.25, 0.3) is 5.56 Å². The highest BCUT2D eigenvalue weighted by Crippen LogP contribution is 2.23. The fourth-order valence-electron chi connectivity index (χ4n) is 2.40. The molecule has 7 heteroatoms. The quantitative estimate of drug-likeness (QED) is 0.591. The normalized spacial score (nSPS) is 11.0. The Labute approximate surface area is 154 Å². The van der Waals surface area contributed by atoms with Crippen LogP contribution in [0.1, 0.15) is 23.1 Å². The number of aliphatic imine (C=N–C) groups is 1. The Balaban J connectivity index is 2.51. The molecule has 0 spiro atoms. The van der Waals surface area contributed by atoms with E-state index in [1.54, 1.807) is 14.0 Å². The van der Waals surface area contributed by atoms with Crippen LogP contribution in [0.25, 0.3) is 0 Å². The average molecular weight is 404 g/mol. The summed E-state index contributed by atoms with van der Waals surface area (Å²) in [6.45, 7) is 2.33. The maximum absolute atomic E-state index is 12.4. The second-order valence-electron chi connectivity index (χ2n) is 5.39. The molecule has 0 aliphatic heterocycles. The van der Waals surface area contributed by atoms with Gasteiger partial charge in [-0.1, -0.05) is 22.0 Å². The van der Waals surface area contributed by atoms with Crippen LogP contribution in [-0.4, -0.2) is 29.6 Å². The van der Waals surface area contributed by atoms with Crippen molar-refractivity contribution < 1.29 is 9.84 Å². The van der Waals surface area contributed by atoms with Gasteiger partial charge < -0.3 is 9.84 Å². The maximum Gasteiger partial charge on any atom is 0.271 e. The van der Waals surface area contributed by atoms with Gasteiger partial charge in [-0.15, -0.1) is 0 Å². The standard InChI is InChI=1S/C18H18BrN3O3/c1-12-15(10-20)17(23)22(7-4-8-25-2)18(24)16(12)11-21-14-6-3-5-13(19)9-14/h3,5-6,9,11,24H,4,7-8H2,1-2H3. The lowest BCUT2D eigenvalue weighted by Crippen LogP contribution is -2.26. The van der Waals surface area contributed by atoms with Crippen LogP contribution in [-0.2, 0) is 11.3 Å². The van der Waals surface area contributed by atoms with E-state index in [1.165, 1.54) is 10.8 Å². The summed E-state index contributed by atoms with van der Waals surface area (Å²) in [7, 11) is 1.56. The van der Waals surface area contributed by atoms with Crippen LogP contribution in [0.2, 0.25) is 0 Å². The van der Waals surface area contributed by atoms with Crippen LogP contribution < -0.4 is 5.56 Å². The summed E-state index contributed by atoms with van der Waals surface area (Å²) < 4.78 is 7.04. The van der Waals surface area contributed by atoms with Gasteiger partial charge in [0.15, 0.2) is 0 Å². The Morgan fingerprint density at radius 1 is 1.48 bits per heavy atom. The van der Waals surface area contributed by atoms with Crippen LogP contribution >= 0.6 is 15.9 Å². The molecule has 2 rings (SSSR count). The van der Waals surface area contributed by atoms with Crippen molar-refractivity contribution in [3.63, 3.8) is 0 Å². The first kappa shape index (κ1) is 18.9. The predicted molar refractivity (Wildman–Crippen MR) is 99.7 cm³/mol. The number of aromatic nitrogens is 1. The summed E-state index contributed by atoms with van der Waals surface area (Å²) in [4.78, 5) is 16.7. The molecule has 1 aromatic heterocycles. The Bertz CT molecular complexity index is 898. The van der Waals surface area contributed by atoms with Gasteiger partial charge in [-0.3, -0.25) is 14.4 Å². The van der Waals surface area contributed by atoms with Gasteiger partial charge in [0.05, 0.1) is 11.3 Å². The zero-order chi connectivity index (χ0) is 18.4. The van der Waals surface area contributed by atoms with Crippen molar-refractivity contribution in [1.29, 1.82) is 5.26 Å². The van der Waals surface area contributed by atoms with Gasteiger partial charge >= 0.3 is 0 Å². The first-order valence-corrected chi connectivity index (χ1v) is 8.44. The molecule has 1 aromatic carbocycles. The number of hydrogen-bond acceptors (Lipinski definition) is 5. The summed E-state index contributed by atoms with van der Waals surface area (Å²) in [5.41, 5.74) is 0.947. The lowest BCUT2D eigenvalue weighted by atomic mass is 10.1. The van der Waals surface area contributed by atoms with E-state index in [-0.39, 0.29) is 18.0 Å². The van der Waals surface area contributed by atoms with Crippen molar-refractivity contribution >= 4 is 27.8 Å². The summed E-state index contributed by atoms with van der Waals surface area (Å²) in [5.74, 6) is -0.198. The Hall–Kier alpha value is -2.43. The minimum Gasteiger partial charge on any atom is -0.494 e. The summed E-state index contributed by atoms with van der Waals surface area (Å²) in [5, 5.41) is 19.8. The second kappa shape index (κ2) is 8.60. The molecule has 130 valence electrons. The van der Waals surface area contributed by atoms with Crippen molar-refractivity contribution in [2.24, 2.45) is 4.99 Å². The number of halogens is 1. The first-order valence-electron chi connectivity index (χ1n) is 7.64. The number of nitrogens with zero attached hydrogens (tertiary/aromatic N) is 3. The molecule has 25 heavy (non-hydrogen) atoms. The fourth-order valence-corrected chi connectivity index (χ4v) is 2.78. The van der Waals surface area contributed by atoms with Crippen LogP contribution in [0, 0.1) is 18.3 Å². The molecule has 2 aromatic rings. The lowest BCUT2D eigenvalue weighted by molar-refractivity contribution is 0.188. The summed E-state index contributed by atoms with van der Waals surface area (Å²) >= 11 is 3.37. The Morgan fingerprint density at radius 2 is 2.24 bits per heavy atom. The van der Waals surface area contributed by atoms with Gasteiger partial charge in [0, 0.05) is 30.9 Å². The number of benzene rings is 1. The summed E-state index contributed by atoms with van der Waals surface area (Å²) in [6.07, 6.45) is 2.01. The van der Waals surface area contributed by atoms with Crippen LogP contribution in [0.3, 0.4) is 0 Å². The van der Waals surface area contributed by atoms with E-state index in [1.807, 2.05) is 30.3 Å². The molecule has 0 radical (unpaired) electrons. The SMILES string of the molecule is COCCCn1c(O)c(C=Nc2cccc(Br)c2)c(C)c(C#N)c1=O. The number of methoxy groups -OCH3 is 1. The van der Waals surface area contributed by atoms with E-state index in [9.17, 15) is 15.2 Å². The van der Waals surface area contributed by atoms with E-state index < -0.39 is 5.56 Å². The number of nitriles is 1. The molecule has 6 nitrogen and oxygen atoms in total. The molecule has 0 atom stereocenters. The van der Waals surface area contributed by atoms with E-state index >= 15 is 0 Å². The molecule has 0 bridgehead atoms.